The maximum Gasteiger partial charge on any atom is 0.303 e. The minimum Gasteiger partial charge on any atom is -0.458 e. The summed E-state index contributed by atoms with van der Waals surface area (Å²) < 4.78 is 18.9. The van der Waals surface area contributed by atoms with Crippen molar-refractivity contribution in [2.45, 2.75) is 71.3 Å². The topological polar surface area (TPSA) is 65.1 Å². The van der Waals surface area contributed by atoms with Gasteiger partial charge in [0.1, 0.15) is 24.1 Å². The van der Waals surface area contributed by atoms with Crippen molar-refractivity contribution in [1.29, 1.82) is 0 Å². The van der Waals surface area contributed by atoms with Crippen LogP contribution in [0.5, 0.6) is 0 Å². The van der Waals surface area contributed by atoms with Gasteiger partial charge in [0.05, 0.1) is 13.2 Å². The number of carbonyl (C=O) groups excluding carboxylic acids is 2. The van der Waals surface area contributed by atoms with Crippen LogP contribution >= 0.6 is 0 Å². The van der Waals surface area contributed by atoms with Crippen LogP contribution in [0.3, 0.4) is 0 Å². The highest BCUT2D eigenvalue weighted by Gasteiger charge is 2.47. The lowest BCUT2D eigenvalue weighted by Gasteiger charge is -2.48. The average molecular weight is 516 g/mol. The molecule has 1 fully saturated rings. The van der Waals surface area contributed by atoms with Crippen molar-refractivity contribution in [2.24, 2.45) is 0 Å². The number of rotatable bonds is 11. The second-order valence-corrected chi connectivity index (χ2v) is 10.1. The summed E-state index contributed by atoms with van der Waals surface area (Å²) in [5.41, 5.74) is 4.34. The third-order valence-electron chi connectivity index (χ3n) is 6.84. The number of piperidine rings is 1. The normalized spacial score (nSPS) is 21.7. The quantitative estimate of drug-likeness (QED) is 0.325. The molecule has 1 unspecified atom stereocenters. The van der Waals surface area contributed by atoms with E-state index in [0.29, 0.717) is 32.7 Å². The van der Waals surface area contributed by atoms with Gasteiger partial charge in [-0.2, -0.15) is 0 Å². The first-order valence-electron chi connectivity index (χ1n) is 13.2. The Balaban J connectivity index is 1.66. The number of hydrogen-bond acceptors (Lipinski definition) is 6. The van der Waals surface area contributed by atoms with Crippen molar-refractivity contribution in [3.63, 3.8) is 0 Å². The third-order valence-corrected chi connectivity index (χ3v) is 6.84. The Bertz CT molecular complexity index is 1170. The molecule has 1 aliphatic rings. The lowest BCUT2D eigenvalue weighted by atomic mass is 9.89. The number of Topliss-reactive ketones (excluding diaryl/α,β-unsaturated/α-hetero) is 1. The summed E-state index contributed by atoms with van der Waals surface area (Å²) >= 11 is 0. The zero-order chi connectivity index (χ0) is 26.9. The maximum atomic E-state index is 12.5. The highest BCUT2D eigenvalue weighted by atomic mass is 16.6. The number of carbonyl (C=O) groups is 2. The van der Waals surface area contributed by atoms with E-state index in [1.165, 1.54) is 12.5 Å². The van der Waals surface area contributed by atoms with Gasteiger partial charge in [-0.25, -0.2) is 0 Å². The zero-order valence-corrected chi connectivity index (χ0v) is 22.4. The van der Waals surface area contributed by atoms with Crippen LogP contribution in [-0.4, -0.2) is 47.6 Å². The molecule has 0 amide bonds. The lowest BCUT2D eigenvalue weighted by molar-refractivity contribution is -0.205. The van der Waals surface area contributed by atoms with Gasteiger partial charge in [-0.1, -0.05) is 90.5 Å². The number of nitrogens with zero attached hydrogens (tertiary/aromatic N) is 1. The van der Waals surface area contributed by atoms with E-state index in [1.807, 2.05) is 60.7 Å². The van der Waals surface area contributed by atoms with Crippen LogP contribution in [-0.2, 0) is 43.6 Å². The minimum atomic E-state index is -0.550. The lowest BCUT2D eigenvalue weighted by Crippen LogP contribution is -2.63. The molecule has 0 aliphatic carbocycles. The predicted molar refractivity (Wildman–Crippen MR) is 146 cm³/mol. The highest BCUT2D eigenvalue weighted by molar-refractivity contribution is 5.76. The van der Waals surface area contributed by atoms with E-state index in [1.54, 1.807) is 6.92 Å². The molecule has 200 valence electrons. The molecule has 6 heteroatoms. The molecule has 4 atom stereocenters. The van der Waals surface area contributed by atoms with Gasteiger partial charge >= 0.3 is 5.97 Å². The minimum absolute atomic E-state index is 0.0740. The van der Waals surface area contributed by atoms with Gasteiger partial charge < -0.3 is 14.2 Å². The van der Waals surface area contributed by atoms with Crippen LogP contribution in [0.2, 0.25) is 0 Å². The summed E-state index contributed by atoms with van der Waals surface area (Å²) in [6, 6.07) is 27.9. The summed E-state index contributed by atoms with van der Waals surface area (Å²) in [6.45, 7) is 6.83. The van der Waals surface area contributed by atoms with Crippen LogP contribution in [0.4, 0.5) is 0 Å². The SMILES string of the molecule is CC(=O)CC1[C@H](OCc2ccccc2)[C@H](OCc2ccccc2)[C@H](OC(C)=O)CN1Cc1ccc(C)cc1. The van der Waals surface area contributed by atoms with Gasteiger partial charge in [0.25, 0.3) is 0 Å². The molecule has 1 heterocycles. The van der Waals surface area contributed by atoms with Crippen LogP contribution < -0.4 is 0 Å². The standard InChI is InChI=1S/C32H37NO5/c1-23-14-16-26(17-15-23)19-33-20-30(38-25(3)35)32(37-22-28-12-8-5-9-13-28)31(29(33)18-24(2)34)36-21-27-10-6-4-7-11-27/h4-17,29-32H,18-22H2,1-3H3/t29?,30-,31+,32-/m1/s1. The van der Waals surface area contributed by atoms with Crippen LogP contribution in [0.25, 0.3) is 0 Å². The molecular formula is C32H37NO5. The van der Waals surface area contributed by atoms with Gasteiger partial charge in [0.2, 0.25) is 0 Å². The van der Waals surface area contributed by atoms with E-state index in [-0.39, 0.29) is 17.8 Å². The monoisotopic (exact) mass is 515 g/mol. The second kappa shape index (κ2) is 13.5. The van der Waals surface area contributed by atoms with Crippen molar-refractivity contribution in [3.8, 4) is 0 Å². The van der Waals surface area contributed by atoms with E-state index in [0.717, 1.165) is 16.7 Å². The summed E-state index contributed by atoms with van der Waals surface area (Å²) in [5, 5.41) is 0. The van der Waals surface area contributed by atoms with Crippen molar-refractivity contribution >= 4 is 11.8 Å². The predicted octanol–water partition coefficient (Wildman–Crippen LogP) is 5.26. The molecule has 0 aromatic heterocycles. The molecule has 3 aromatic carbocycles. The second-order valence-electron chi connectivity index (χ2n) is 10.1. The number of likely N-dealkylation sites (tertiary alicyclic amines) is 1. The molecule has 0 saturated carbocycles. The molecule has 1 saturated heterocycles. The Morgan fingerprint density at radius 1 is 0.763 bits per heavy atom. The highest BCUT2D eigenvalue weighted by Crippen LogP contribution is 2.31. The Hall–Kier alpha value is -3.32. The molecule has 1 aliphatic heterocycles. The summed E-state index contributed by atoms with van der Waals surface area (Å²) in [4.78, 5) is 26.9. The smallest absolute Gasteiger partial charge is 0.303 e. The number of hydrogen-bond donors (Lipinski definition) is 0. The van der Waals surface area contributed by atoms with E-state index in [4.69, 9.17) is 14.2 Å². The van der Waals surface area contributed by atoms with Crippen molar-refractivity contribution in [2.75, 3.05) is 6.54 Å². The van der Waals surface area contributed by atoms with Crippen LogP contribution in [0.1, 0.15) is 42.5 Å². The Labute approximate surface area is 225 Å². The number of ketones is 1. The number of benzene rings is 3. The van der Waals surface area contributed by atoms with Crippen LogP contribution in [0, 0.1) is 6.92 Å². The van der Waals surface area contributed by atoms with Gasteiger partial charge in [0.15, 0.2) is 0 Å². The van der Waals surface area contributed by atoms with Crippen LogP contribution in [0.15, 0.2) is 84.9 Å². The fraction of sp³-hybridized carbons (Fsp3) is 0.375. The van der Waals surface area contributed by atoms with Gasteiger partial charge in [0, 0.05) is 32.5 Å². The van der Waals surface area contributed by atoms with Gasteiger partial charge in [-0.3, -0.25) is 14.5 Å². The van der Waals surface area contributed by atoms with Crippen molar-refractivity contribution in [1.82, 2.24) is 4.90 Å². The van der Waals surface area contributed by atoms with Crippen molar-refractivity contribution in [3.05, 3.63) is 107 Å². The molecular weight excluding hydrogens is 478 g/mol. The fourth-order valence-electron chi connectivity index (χ4n) is 5.02. The molecule has 4 rings (SSSR count). The van der Waals surface area contributed by atoms with E-state index in [2.05, 4.69) is 36.1 Å². The van der Waals surface area contributed by atoms with Crippen molar-refractivity contribution < 1.29 is 23.8 Å². The van der Waals surface area contributed by atoms with Gasteiger partial charge in [-0.15, -0.1) is 0 Å². The van der Waals surface area contributed by atoms with E-state index >= 15 is 0 Å². The number of ether oxygens (including phenoxy) is 3. The Morgan fingerprint density at radius 2 is 1.32 bits per heavy atom. The molecule has 6 nitrogen and oxygen atoms in total. The van der Waals surface area contributed by atoms with E-state index < -0.39 is 18.3 Å². The molecule has 0 N–H and O–H groups in total. The largest absolute Gasteiger partial charge is 0.458 e. The molecule has 38 heavy (non-hydrogen) atoms. The average Bonchev–Trinajstić information content (AvgIpc) is 2.90. The first-order valence-corrected chi connectivity index (χ1v) is 13.2. The molecule has 0 spiro atoms. The third kappa shape index (κ3) is 7.84. The van der Waals surface area contributed by atoms with Gasteiger partial charge in [-0.05, 0) is 30.5 Å². The summed E-state index contributed by atoms with van der Waals surface area (Å²) in [5.74, 6) is -0.296. The summed E-state index contributed by atoms with van der Waals surface area (Å²) in [6.07, 6.45) is -1.28. The number of aryl methyl sites for hydroxylation is 1. The number of esters is 1. The molecule has 0 bridgehead atoms. The maximum absolute atomic E-state index is 12.5. The molecule has 3 aromatic rings. The summed E-state index contributed by atoms with van der Waals surface area (Å²) in [7, 11) is 0. The van der Waals surface area contributed by atoms with E-state index in [9.17, 15) is 9.59 Å². The fourth-order valence-corrected chi connectivity index (χ4v) is 5.02. The first kappa shape index (κ1) is 27.7. The Morgan fingerprint density at radius 3 is 1.84 bits per heavy atom. The zero-order valence-electron chi connectivity index (χ0n) is 22.4. The Kier molecular flexibility index (Phi) is 9.82. The molecule has 0 radical (unpaired) electrons. The first-order chi connectivity index (χ1) is 18.4.